The van der Waals surface area contributed by atoms with Crippen molar-refractivity contribution in [3.8, 4) is 0 Å². The largest absolute Gasteiger partial charge is 0.337 e. The molecule has 1 aromatic heterocycles. The predicted octanol–water partition coefficient (Wildman–Crippen LogP) is 2.85. The van der Waals surface area contributed by atoms with Crippen molar-refractivity contribution in [3.63, 3.8) is 0 Å². The third kappa shape index (κ3) is 2.76. The van der Waals surface area contributed by atoms with E-state index < -0.39 is 0 Å². The zero-order chi connectivity index (χ0) is 16.7. The minimum Gasteiger partial charge on any atom is -0.337 e. The van der Waals surface area contributed by atoms with E-state index in [-0.39, 0.29) is 23.6 Å². The van der Waals surface area contributed by atoms with Crippen LogP contribution >= 0.6 is 0 Å². The van der Waals surface area contributed by atoms with Crippen LogP contribution in [-0.2, 0) is 0 Å². The molecule has 2 aromatic rings. The third-order valence-corrected chi connectivity index (χ3v) is 4.76. The molecular formula is C18H23N3O2. The summed E-state index contributed by atoms with van der Waals surface area (Å²) in [6.07, 6.45) is 2.36. The molecule has 122 valence electrons. The molecule has 3 rings (SSSR count). The highest BCUT2D eigenvalue weighted by Crippen LogP contribution is 2.35. The highest BCUT2D eigenvalue weighted by molar-refractivity contribution is 6.04. The molecular weight excluding hydrogens is 290 g/mol. The van der Waals surface area contributed by atoms with Gasteiger partial charge in [-0.1, -0.05) is 18.2 Å². The number of benzene rings is 1. The highest BCUT2D eigenvalue weighted by atomic mass is 16.2. The fraction of sp³-hybridized carbons (Fsp3) is 0.500. The van der Waals surface area contributed by atoms with Crippen molar-refractivity contribution < 1.29 is 4.79 Å². The van der Waals surface area contributed by atoms with Gasteiger partial charge < -0.3 is 4.90 Å². The number of carbonyl (C=O) groups is 1. The topological polar surface area (TPSA) is 55.2 Å². The normalized spacial score (nSPS) is 15.9. The lowest BCUT2D eigenvalue weighted by molar-refractivity contribution is 0.0720. The molecule has 0 radical (unpaired) electrons. The Balaban J connectivity index is 2.14. The molecule has 0 spiro atoms. The van der Waals surface area contributed by atoms with Gasteiger partial charge in [0.15, 0.2) is 5.69 Å². The van der Waals surface area contributed by atoms with Crippen molar-refractivity contribution in [3.05, 3.63) is 40.3 Å². The number of hydrogen-bond acceptors (Lipinski definition) is 3. The molecule has 1 aliphatic carbocycles. The summed E-state index contributed by atoms with van der Waals surface area (Å²) in [5.74, 6) is 0.473. The lowest BCUT2D eigenvalue weighted by atomic mass is 10.1. The average Bonchev–Trinajstić information content (AvgIpc) is 3.38. The number of aromatic nitrogens is 2. The van der Waals surface area contributed by atoms with Gasteiger partial charge in [0.25, 0.3) is 11.5 Å². The Kier molecular flexibility index (Phi) is 3.96. The van der Waals surface area contributed by atoms with Crippen LogP contribution in [-0.4, -0.2) is 33.7 Å². The summed E-state index contributed by atoms with van der Waals surface area (Å²) >= 11 is 0. The lowest BCUT2D eigenvalue weighted by Gasteiger charge is -2.25. The molecule has 0 aliphatic heterocycles. The van der Waals surface area contributed by atoms with Crippen LogP contribution < -0.4 is 5.56 Å². The van der Waals surface area contributed by atoms with Crippen LogP contribution in [0.5, 0.6) is 0 Å². The maximum atomic E-state index is 13.0. The number of rotatable bonds is 4. The number of amides is 1. The van der Waals surface area contributed by atoms with Crippen molar-refractivity contribution in [1.82, 2.24) is 14.7 Å². The Morgan fingerprint density at radius 2 is 1.83 bits per heavy atom. The fourth-order valence-corrected chi connectivity index (χ4v) is 2.96. The monoisotopic (exact) mass is 313 g/mol. The van der Waals surface area contributed by atoms with Crippen LogP contribution in [0.15, 0.2) is 29.1 Å². The molecule has 1 heterocycles. The first-order valence-electron chi connectivity index (χ1n) is 8.20. The molecule has 5 nitrogen and oxygen atoms in total. The van der Waals surface area contributed by atoms with E-state index >= 15 is 0 Å². The van der Waals surface area contributed by atoms with Crippen LogP contribution in [0.3, 0.4) is 0 Å². The molecule has 1 atom stereocenters. The molecule has 1 amide bonds. The second-order valence-electron chi connectivity index (χ2n) is 6.73. The Morgan fingerprint density at radius 1 is 1.22 bits per heavy atom. The molecule has 0 N–H and O–H groups in total. The van der Waals surface area contributed by atoms with Crippen LogP contribution in [0.4, 0.5) is 0 Å². The van der Waals surface area contributed by atoms with Gasteiger partial charge in [-0.25, -0.2) is 4.68 Å². The molecule has 23 heavy (non-hydrogen) atoms. The quantitative estimate of drug-likeness (QED) is 0.872. The zero-order valence-electron chi connectivity index (χ0n) is 14.1. The van der Waals surface area contributed by atoms with E-state index in [1.807, 2.05) is 33.0 Å². The Hall–Kier alpha value is -2.17. The van der Waals surface area contributed by atoms with Crippen LogP contribution in [0.25, 0.3) is 10.8 Å². The van der Waals surface area contributed by atoms with Gasteiger partial charge in [-0.15, -0.1) is 0 Å². The van der Waals surface area contributed by atoms with Gasteiger partial charge in [-0.3, -0.25) is 9.59 Å². The van der Waals surface area contributed by atoms with Gasteiger partial charge in [-0.2, -0.15) is 5.10 Å². The van der Waals surface area contributed by atoms with E-state index in [0.29, 0.717) is 22.4 Å². The van der Waals surface area contributed by atoms with Crippen LogP contribution in [0.1, 0.15) is 50.1 Å². The minimum absolute atomic E-state index is 0.0928. The van der Waals surface area contributed by atoms with Gasteiger partial charge in [0, 0.05) is 18.5 Å². The van der Waals surface area contributed by atoms with Crippen molar-refractivity contribution in [2.75, 3.05) is 7.05 Å². The number of carbonyl (C=O) groups excluding carboxylic acids is 1. The van der Waals surface area contributed by atoms with Gasteiger partial charge in [0.05, 0.1) is 11.4 Å². The maximum Gasteiger partial charge on any atom is 0.274 e. The second-order valence-corrected chi connectivity index (χ2v) is 6.73. The third-order valence-electron chi connectivity index (χ3n) is 4.76. The maximum absolute atomic E-state index is 13.0. The minimum atomic E-state index is -0.148. The van der Waals surface area contributed by atoms with Gasteiger partial charge >= 0.3 is 0 Å². The fourth-order valence-electron chi connectivity index (χ4n) is 2.96. The van der Waals surface area contributed by atoms with Crippen molar-refractivity contribution in [1.29, 1.82) is 0 Å². The molecule has 0 saturated heterocycles. The van der Waals surface area contributed by atoms with E-state index in [1.165, 1.54) is 17.5 Å². The summed E-state index contributed by atoms with van der Waals surface area (Å²) in [5.41, 5.74) is 0.217. The summed E-state index contributed by atoms with van der Waals surface area (Å²) in [6, 6.07) is 7.33. The average molecular weight is 313 g/mol. The van der Waals surface area contributed by atoms with Crippen molar-refractivity contribution in [2.45, 2.75) is 45.7 Å². The standard InChI is InChI=1S/C18H23N3O2/c1-11(2)21-17(22)15-8-6-5-7-14(15)16(19-21)18(23)20(4)12(3)13-9-10-13/h5-8,11-13H,9-10H2,1-4H3. The van der Waals surface area contributed by atoms with Crippen molar-refractivity contribution >= 4 is 16.7 Å². The molecule has 1 saturated carbocycles. The van der Waals surface area contributed by atoms with E-state index in [0.717, 1.165) is 0 Å². The molecule has 5 heteroatoms. The predicted molar refractivity (Wildman–Crippen MR) is 90.7 cm³/mol. The lowest BCUT2D eigenvalue weighted by Crippen LogP contribution is -2.38. The number of fused-ring (bicyclic) bond motifs is 1. The first-order valence-corrected chi connectivity index (χ1v) is 8.20. The summed E-state index contributed by atoms with van der Waals surface area (Å²) in [4.78, 5) is 27.3. The molecule has 1 fully saturated rings. The van der Waals surface area contributed by atoms with E-state index in [2.05, 4.69) is 12.0 Å². The molecule has 1 aromatic carbocycles. The summed E-state index contributed by atoms with van der Waals surface area (Å²) < 4.78 is 1.41. The first kappa shape index (κ1) is 15.7. The Labute approximate surface area is 135 Å². The number of nitrogens with zero attached hydrogens (tertiary/aromatic N) is 3. The molecule has 1 unspecified atom stereocenters. The van der Waals surface area contributed by atoms with E-state index in [9.17, 15) is 9.59 Å². The molecule has 0 bridgehead atoms. The van der Waals surface area contributed by atoms with Gasteiger partial charge in [-0.05, 0) is 45.6 Å². The Bertz CT molecular complexity index is 806. The SMILES string of the molecule is CC(C1CC1)N(C)C(=O)c1nn(C(C)C)c(=O)c2ccccc12. The Morgan fingerprint density at radius 3 is 2.39 bits per heavy atom. The van der Waals surface area contributed by atoms with Crippen molar-refractivity contribution in [2.24, 2.45) is 5.92 Å². The van der Waals surface area contributed by atoms with E-state index in [1.54, 1.807) is 17.0 Å². The number of hydrogen-bond donors (Lipinski definition) is 0. The summed E-state index contributed by atoms with van der Waals surface area (Å²) in [7, 11) is 1.83. The van der Waals surface area contributed by atoms with Crippen LogP contribution in [0, 0.1) is 5.92 Å². The summed E-state index contributed by atoms with van der Waals surface area (Å²) in [6.45, 7) is 5.87. The summed E-state index contributed by atoms with van der Waals surface area (Å²) in [5, 5.41) is 5.58. The van der Waals surface area contributed by atoms with Crippen LogP contribution in [0.2, 0.25) is 0 Å². The molecule has 1 aliphatic rings. The van der Waals surface area contributed by atoms with E-state index in [4.69, 9.17) is 0 Å². The first-order chi connectivity index (χ1) is 10.9. The van der Waals surface area contributed by atoms with Gasteiger partial charge in [0.2, 0.25) is 0 Å². The zero-order valence-corrected chi connectivity index (χ0v) is 14.1. The second kappa shape index (κ2) is 5.80. The highest BCUT2D eigenvalue weighted by Gasteiger charge is 2.33. The van der Waals surface area contributed by atoms with Gasteiger partial charge in [0.1, 0.15) is 0 Å². The smallest absolute Gasteiger partial charge is 0.274 e.